The van der Waals surface area contributed by atoms with E-state index >= 15 is 0 Å². The Kier molecular flexibility index (Phi) is 4.40. The summed E-state index contributed by atoms with van der Waals surface area (Å²) in [4.78, 5) is 4.50. The van der Waals surface area contributed by atoms with Crippen molar-refractivity contribution in [1.29, 1.82) is 0 Å². The molecule has 2 aromatic heterocycles. The van der Waals surface area contributed by atoms with Crippen LogP contribution in [0.25, 0.3) is 5.69 Å². The Balaban J connectivity index is 1.66. The van der Waals surface area contributed by atoms with E-state index in [0.29, 0.717) is 6.61 Å². The summed E-state index contributed by atoms with van der Waals surface area (Å²) in [7, 11) is 1.67. The number of hydrogen-bond donors (Lipinski definition) is 0. The van der Waals surface area contributed by atoms with Crippen LogP contribution in [0.2, 0.25) is 0 Å². The standard InChI is InChI=1S/C14H15N5O2S/c1-10(20-2)14-16-11(8-22-14)7-21-13-5-3-4-12(6-13)19-9-15-17-18-19/h3-6,8-10H,7H2,1-2H3/t10-/m0/s1. The third-order valence-corrected chi connectivity index (χ3v) is 4.14. The molecule has 7 nitrogen and oxygen atoms in total. The molecule has 3 aromatic rings. The van der Waals surface area contributed by atoms with Gasteiger partial charge in [-0.1, -0.05) is 6.07 Å². The molecule has 0 spiro atoms. The number of nitrogens with zero attached hydrogens (tertiary/aromatic N) is 5. The lowest BCUT2D eigenvalue weighted by Crippen LogP contribution is -2.00. The van der Waals surface area contributed by atoms with Crippen LogP contribution < -0.4 is 4.74 Å². The first kappa shape index (κ1) is 14.6. The highest BCUT2D eigenvalue weighted by Crippen LogP contribution is 2.22. The number of aromatic nitrogens is 5. The summed E-state index contributed by atoms with van der Waals surface area (Å²) in [6, 6.07) is 7.57. The predicted octanol–water partition coefficient (Wildman–Crippen LogP) is 2.41. The molecule has 0 saturated carbocycles. The van der Waals surface area contributed by atoms with Gasteiger partial charge in [0.1, 0.15) is 29.8 Å². The van der Waals surface area contributed by atoms with E-state index in [0.717, 1.165) is 22.1 Å². The number of thiazole rings is 1. The second-order valence-corrected chi connectivity index (χ2v) is 5.49. The van der Waals surface area contributed by atoms with Crippen molar-refractivity contribution in [2.24, 2.45) is 0 Å². The van der Waals surface area contributed by atoms with Crippen LogP contribution in [0.1, 0.15) is 23.7 Å². The Labute approximate surface area is 131 Å². The maximum Gasteiger partial charge on any atom is 0.143 e. The van der Waals surface area contributed by atoms with Crippen LogP contribution in [0, 0.1) is 0 Å². The minimum atomic E-state index is 0.00175. The maximum absolute atomic E-state index is 5.78. The fraction of sp³-hybridized carbons (Fsp3) is 0.286. The van der Waals surface area contributed by atoms with Crippen molar-refractivity contribution in [2.45, 2.75) is 19.6 Å². The van der Waals surface area contributed by atoms with Gasteiger partial charge in [0.25, 0.3) is 0 Å². The molecule has 114 valence electrons. The van der Waals surface area contributed by atoms with Gasteiger partial charge < -0.3 is 9.47 Å². The minimum Gasteiger partial charge on any atom is -0.487 e. The highest BCUT2D eigenvalue weighted by molar-refractivity contribution is 7.09. The summed E-state index contributed by atoms with van der Waals surface area (Å²) in [5, 5.41) is 14.0. The van der Waals surface area contributed by atoms with Crippen LogP contribution in [0.3, 0.4) is 0 Å². The highest BCUT2D eigenvalue weighted by atomic mass is 32.1. The van der Waals surface area contributed by atoms with Gasteiger partial charge in [0, 0.05) is 18.6 Å². The van der Waals surface area contributed by atoms with Crippen molar-refractivity contribution < 1.29 is 9.47 Å². The monoisotopic (exact) mass is 317 g/mol. The van der Waals surface area contributed by atoms with E-state index in [2.05, 4.69) is 20.5 Å². The Hall–Kier alpha value is -2.32. The number of tetrazole rings is 1. The molecule has 0 radical (unpaired) electrons. The summed E-state index contributed by atoms with van der Waals surface area (Å²) in [5.74, 6) is 0.738. The molecule has 3 rings (SSSR count). The molecular weight excluding hydrogens is 302 g/mol. The van der Waals surface area contributed by atoms with E-state index in [1.54, 1.807) is 23.1 Å². The minimum absolute atomic E-state index is 0.00175. The average molecular weight is 317 g/mol. The quantitative estimate of drug-likeness (QED) is 0.695. The first-order valence-electron chi connectivity index (χ1n) is 6.69. The van der Waals surface area contributed by atoms with Gasteiger partial charge >= 0.3 is 0 Å². The first-order valence-corrected chi connectivity index (χ1v) is 7.57. The van der Waals surface area contributed by atoms with Crippen molar-refractivity contribution in [1.82, 2.24) is 25.2 Å². The Bertz CT molecular complexity index is 728. The van der Waals surface area contributed by atoms with Crippen LogP contribution in [0.5, 0.6) is 5.75 Å². The summed E-state index contributed by atoms with van der Waals surface area (Å²) in [6.45, 7) is 2.38. The van der Waals surface area contributed by atoms with Gasteiger partial charge in [0.2, 0.25) is 0 Å². The molecular formula is C14H15N5O2S. The molecule has 0 unspecified atom stereocenters. The zero-order valence-electron chi connectivity index (χ0n) is 12.2. The van der Waals surface area contributed by atoms with E-state index in [4.69, 9.17) is 9.47 Å². The fourth-order valence-electron chi connectivity index (χ4n) is 1.83. The first-order chi connectivity index (χ1) is 10.8. The summed E-state index contributed by atoms with van der Waals surface area (Å²) in [6.07, 6.45) is 1.54. The lowest BCUT2D eigenvalue weighted by Gasteiger charge is -2.06. The largest absolute Gasteiger partial charge is 0.487 e. The second-order valence-electron chi connectivity index (χ2n) is 4.60. The van der Waals surface area contributed by atoms with Gasteiger partial charge in [0.15, 0.2) is 0 Å². The molecule has 1 aromatic carbocycles. The Morgan fingerprint density at radius 3 is 3.05 bits per heavy atom. The zero-order chi connectivity index (χ0) is 15.4. The molecule has 0 amide bonds. The van der Waals surface area contributed by atoms with Crippen molar-refractivity contribution in [3.63, 3.8) is 0 Å². The lowest BCUT2D eigenvalue weighted by molar-refractivity contribution is 0.119. The fourth-order valence-corrected chi connectivity index (χ4v) is 2.66. The van der Waals surface area contributed by atoms with Gasteiger partial charge in [-0.05, 0) is 29.5 Å². The van der Waals surface area contributed by atoms with Crippen LogP contribution in [0.4, 0.5) is 0 Å². The van der Waals surface area contributed by atoms with Gasteiger partial charge in [-0.15, -0.1) is 16.4 Å². The zero-order valence-corrected chi connectivity index (χ0v) is 13.0. The molecule has 0 aliphatic heterocycles. The molecule has 1 atom stereocenters. The summed E-state index contributed by atoms with van der Waals surface area (Å²) in [5.41, 5.74) is 1.73. The van der Waals surface area contributed by atoms with E-state index in [9.17, 15) is 0 Å². The van der Waals surface area contributed by atoms with E-state index < -0.39 is 0 Å². The molecule has 22 heavy (non-hydrogen) atoms. The molecule has 0 saturated heterocycles. The van der Waals surface area contributed by atoms with Crippen molar-refractivity contribution in [3.8, 4) is 11.4 Å². The van der Waals surface area contributed by atoms with Crippen molar-refractivity contribution in [2.75, 3.05) is 7.11 Å². The maximum atomic E-state index is 5.78. The Morgan fingerprint density at radius 2 is 2.27 bits per heavy atom. The molecule has 0 bridgehead atoms. The van der Waals surface area contributed by atoms with Crippen molar-refractivity contribution in [3.05, 3.63) is 46.7 Å². The van der Waals surface area contributed by atoms with Crippen molar-refractivity contribution >= 4 is 11.3 Å². The van der Waals surface area contributed by atoms with Crippen LogP contribution in [0.15, 0.2) is 36.0 Å². The molecule has 0 N–H and O–H groups in total. The van der Waals surface area contributed by atoms with Crippen LogP contribution in [-0.4, -0.2) is 32.3 Å². The molecule has 2 heterocycles. The van der Waals surface area contributed by atoms with E-state index in [1.165, 1.54) is 6.33 Å². The number of benzene rings is 1. The molecule has 8 heteroatoms. The van der Waals surface area contributed by atoms with Gasteiger partial charge in [-0.3, -0.25) is 0 Å². The third kappa shape index (κ3) is 3.29. The summed E-state index contributed by atoms with van der Waals surface area (Å²) < 4.78 is 12.6. The third-order valence-electron chi connectivity index (χ3n) is 3.09. The van der Waals surface area contributed by atoms with Gasteiger partial charge in [0.05, 0.1) is 11.4 Å². The average Bonchev–Trinajstić information content (AvgIpc) is 3.24. The number of ether oxygens (including phenoxy) is 2. The van der Waals surface area contributed by atoms with E-state index in [1.807, 2.05) is 36.6 Å². The molecule has 0 fully saturated rings. The second kappa shape index (κ2) is 6.63. The number of hydrogen-bond acceptors (Lipinski definition) is 7. The van der Waals surface area contributed by atoms with Crippen LogP contribution >= 0.6 is 11.3 Å². The number of methoxy groups -OCH3 is 1. The predicted molar refractivity (Wildman–Crippen MR) is 81.0 cm³/mol. The smallest absolute Gasteiger partial charge is 0.143 e. The molecule has 0 aliphatic rings. The lowest BCUT2D eigenvalue weighted by atomic mass is 10.3. The van der Waals surface area contributed by atoms with E-state index in [-0.39, 0.29) is 6.10 Å². The topological polar surface area (TPSA) is 75.0 Å². The number of rotatable bonds is 6. The summed E-state index contributed by atoms with van der Waals surface area (Å²) >= 11 is 1.57. The highest BCUT2D eigenvalue weighted by Gasteiger charge is 2.10. The van der Waals surface area contributed by atoms with Gasteiger partial charge in [-0.2, -0.15) is 0 Å². The molecule has 0 aliphatic carbocycles. The van der Waals surface area contributed by atoms with Gasteiger partial charge in [-0.25, -0.2) is 9.67 Å². The Morgan fingerprint density at radius 1 is 1.36 bits per heavy atom. The van der Waals surface area contributed by atoms with Crippen LogP contribution in [-0.2, 0) is 11.3 Å². The normalized spacial score (nSPS) is 12.3. The SMILES string of the molecule is CO[C@@H](C)c1nc(COc2cccc(-n3cnnn3)c2)cs1.